The summed E-state index contributed by atoms with van der Waals surface area (Å²) in [5, 5.41) is 1.60. The summed E-state index contributed by atoms with van der Waals surface area (Å²) in [6.45, 7) is 0. The molecule has 50 heavy (non-hydrogen) atoms. The summed E-state index contributed by atoms with van der Waals surface area (Å²) >= 11 is 27.5. The Kier molecular flexibility index (Phi) is 8.50. The Bertz CT molecular complexity index is 2190. The number of halogens is 4. The number of benzene rings is 6. The van der Waals surface area contributed by atoms with Crippen LogP contribution in [0.4, 0.5) is 0 Å². The smallest absolute Gasteiger partial charge is 0.194 e. The average Bonchev–Trinajstić information content (AvgIpc) is 3.77. The molecule has 0 saturated heterocycles. The second-order valence-corrected chi connectivity index (χ2v) is 13.4. The van der Waals surface area contributed by atoms with Crippen molar-refractivity contribution < 1.29 is 0 Å². The zero-order valence-corrected chi connectivity index (χ0v) is 29.3. The number of hydrogen-bond acceptors (Lipinski definition) is 4. The summed E-state index contributed by atoms with van der Waals surface area (Å²) in [6.07, 6.45) is 0. The lowest BCUT2D eigenvalue weighted by atomic mass is 9.77. The highest BCUT2D eigenvalue weighted by Gasteiger charge is 2.50. The Morgan fingerprint density at radius 1 is 0.360 bits per heavy atom. The SMILES string of the molecule is Clc1cccc(C2(c3ccccc3)N=C(C3=NC(c4ccccc4)(c4cccc(Cl)c4Cl)C(c4ccccc4)=N3)N=C2c2ccccc2)c1Cl. The molecule has 8 heteroatoms. The van der Waals surface area contributed by atoms with Crippen molar-refractivity contribution >= 4 is 69.5 Å². The van der Waals surface area contributed by atoms with Crippen molar-refractivity contribution in [3.8, 4) is 0 Å². The molecule has 0 amide bonds. The summed E-state index contributed by atoms with van der Waals surface area (Å²) in [7, 11) is 0. The molecule has 0 saturated carbocycles. The molecule has 2 atom stereocenters. The quantitative estimate of drug-likeness (QED) is 0.157. The predicted molar refractivity (Wildman–Crippen MR) is 208 cm³/mol. The van der Waals surface area contributed by atoms with Gasteiger partial charge in [-0.05, 0) is 34.4 Å². The first-order valence-electron chi connectivity index (χ1n) is 15.9. The monoisotopic (exact) mass is 726 g/mol. The number of rotatable bonds is 7. The molecule has 0 spiro atoms. The van der Waals surface area contributed by atoms with Gasteiger partial charge in [-0.2, -0.15) is 0 Å². The molecule has 0 bridgehead atoms. The molecule has 6 aromatic rings. The fourth-order valence-electron chi connectivity index (χ4n) is 6.80. The highest BCUT2D eigenvalue weighted by atomic mass is 35.5. The third-order valence-corrected chi connectivity index (χ3v) is 10.7. The van der Waals surface area contributed by atoms with E-state index in [4.69, 9.17) is 66.4 Å². The molecule has 0 N–H and O–H groups in total. The Morgan fingerprint density at radius 2 is 0.700 bits per heavy atom. The van der Waals surface area contributed by atoms with Gasteiger partial charge in [-0.15, -0.1) is 0 Å². The maximum Gasteiger partial charge on any atom is 0.194 e. The number of nitrogens with zero attached hydrogens (tertiary/aromatic N) is 4. The van der Waals surface area contributed by atoms with Crippen LogP contribution in [0.5, 0.6) is 0 Å². The van der Waals surface area contributed by atoms with E-state index in [1.807, 2.05) is 146 Å². The van der Waals surface area contributed by atoms with Crippen molar-refractivity contribution in [1.29, 1.82) is 0 Å². The minimum Gasteiger partial charge on any atom is -0.240 e. The van der Waals surface area contributed by atoms with E-state index in [2.05, 4.69) is 0 Å². The topological polar surface area (TPSA) is 49.4 Å². The van der Waals surface area contributed by atoms with Gasteiger partial charge in [-0.25, -0.2) is 20.0 Å². The Morgan fingerprint density at radius 3 is 1.06 bits per heavy atom. The van der Waals surface area contributed by atoms with E-state index < -0.39 is 11.1 Å². The lowest BCUT2D eigenvalue weighted by molar-refractivity contribution is 0.744. The fourth-order valence-corrected chi connectivity index (χ4v) is 7.67. The molecular weight excluding hydrogens is 702 g/mol. The molecule has 8 rings (SSSR count). The van der Waals surface area contributed by atoms with Gasteiger partial charge < -0.3 is 0 Å². The third kappa shape index (κ3) is 5.23. The average molecular weight is 729 g/mol. The number of amidine groups is 2. The van der Waals surface area contributed by atoms with Gasteiger partial charge in [0.2, 0.25) is 0 Å². The van der Waals surface area contributed by atoms with E-state index in [1.165, 1.54) is 0 Å². The maximum absolute atomic E-state index is 7.07. The van der Waals surface area contributed by atoms with Crippen LogP contribution in [0.1, 0.15) is 33.4 Å². The van der Waals surface area contributed by atoms with Gasteiger partial charge in [-0.1, -0.05) is 192 Å². The van der Waals surface area contributed by atoms with Gasteiger partial charge in [0.15, 0.2) is 22.7 Å². The first-order chi connectivity index (χ1) is 24.4. The zero-order valence-electron chi connectivity index (χ0n) is 26.3. The van der Waals surface area contributed by atoms with Gasteiger partial charge in [0.25, 0.3) is 0 Å². The van der Waals surface area contributed by atoms with Crippen LogP contribution in [0.15, 0.2) is 178 Å². The second-order valence-electron chi connectivity index (χ2n) is 11.9. The van der Waals surface area contributed by atoms with Gasteiger partial charge in [0.05, 0.1) is 31.5 Å². The Hall–Kier alpha value is -4.84. The molecule has 2 unspecified atom stereocenters. The molecule has 2 aliphatic rings. The van der Waals surface area contributed by atoms with Gasteiger partial charge in [0.1, 0.15) is 0 Å². The largest absolute Gasteiger partial charge is 0.240 e. The van der Waals surface area contributed by atoms with E-state index >= 15 is 0 Å². The van der Waals surface area contributed by atoms with Crippen molar-refractivity contribution in [3.05, 3.63) is 211 Å². The first-order valence-corrected chi connectivity index (χ1v) is 17.4. The highest BCUT2D eigenvalue weighted by molar-refractivity contribution is 6.50. The zero-order chi connectivity index (χ0) is 34.3. The molecule has 0 radical (unpaired) electrons. The maximum atomic E-state index is 7.07. The summed E-state index contributed by atoms with van der Waals surface area (Å²) in [4.78, 5) is 21.6. The summed E-state index contributed by atoms with van der Waals surface area (Å²) in [5.74, 6) is 0.682. The van der Waals surface area contributed by atoms with Crippen LogP contribution >= 0.6 is 46.4 Å². The third-order valence-electron chi connectivity index (χ3n) is 9.03. The summed E-state index contributed by atoms with van der Waals surface area (Å²) < 4.78 is 0. The minimum absolute atomic E-state index is 0.341. The van der Waals surface area contributed by atoms with Gasteiger partial charge in [-0.3, -0.25) is 0 Å². The Labute approximate surface area is 310 Å². The lowest BCUT2D eigenvalue weighted by Crippen LogP contribution is -2.34. The molecule has 2 heterocycles. The van der Waals surface area contributed by atoms with E-state index in [0.29, 0.717) is 54.3 Å². The standard InChI is InChI=1S/C42H26Cl4N4/c43-33-25-13-23-31(35(33)45)41(29-19-9-3-10-20-29)37(27-15-5-1-6-16-27)47-39(49-41)40-48-38(28-17-7-2-8-18-28)42(50-40,30-21-11-4-12-22-30)32-24-14-26-34(44)36(32)46/h1-26H. The van der Waals surface area contributed by atoms with Crippen LogP contribution in [0.2, 0.25) is 20.1 Å². The van der Waals surface area contributed by atoms with Gasteiger partial charge in [0, 0.05) is 11.1 Å². The first kappa shape index (κ1) is 32.4. The molecule has 6 aromatic carbocycles. The molecule has 0 aromatic heterocycles. The lowest BCUT2D eigenvalue weighted by Gasteiger charge is -2.31. The van der Waals surface area contributed by atoms with Gasteiger partial charge >= 0.3 is 0 Å². The van der Waals surface area contributed by atoms with Crippen molar-refractivity contribution in [2.24, 2.45) is 20.0 Å². The predicted octanol–water partition coefficient (Wildman–Crippen LogP) is 11.3. The molecular formula is C42H26Cl4N4. The van der Waals surface area contributed by atoms with E-state index in [9.17, 15) is 0 Å². The molecule has 2 aliphatic heterocycles. The van der Waals surface area contributed by atoms with Crippen molar-refractivity contribution in [2.75, 3.05) is 0 Å². The Balaban J connectivity index is 1.47. The van der Waals surface area contributed by atoms with Crippen molar-refractivity contribution in [1.82, 2.24) is 0 Å². The minimum atomic E-state index is -1.18. The number of aliphatic imine (C=N–C) groups is 4. The molecule has 0 fully saturated rings. The van der Waals surface area contributed by atoms with Crippen LogP contribution in [0.25, 0.3) is 0 Å². The van der Waals surface area contributed by atoms with Crippen molar-refractivity contribution in [2.45, 2.75) is 11.1 Å². The van der Waals surface area contributed by atoms with Crippen molar-refractivity contribution in [3.63, 3.8) is 0 Å². The van der Waals surface area contributed by atoms with Crippen LogP contribution < -0.4 is 0 Å². The van der Waals surface area contributed by atoms with E-state index in [-0.39, 0.29) is 0 Å². The molecule has 242 valence electrons. The van der Waals surface area contributed by atoms with E-state index in [0.717, 1.165) is 22.3 Å². The summed E-state index contributed by atoms with van der Waals surface area (Å²) in [6, 6.07) is 51.1. The van der Waals surface area contributed by atoms with Crippen LogP contribution in [-0.4, -0.2) is 23.1 Å². The van der Waals surface area contributed by atoms with E-state index in [1.54, 1.807) is 12.1 Å². The molecule has 0 aliphatic carbocycles. The number of hydrogen-bond donors (Lipinski definition) is 0. The van der Waals surface area contributed by atoms with Crippen LogP contribution in [-0.2, 0) is 11.1 Å². The van der Waals surface area contributed by atoms with Crippen LogP contribution in [0, 0.1) is 0 Å². The highest BCUT2D eigenvalue weighted by Crippen LogP contribution is 2.49. The van der Waals surface area contributed by atoms with Crippen LogP contribution in [0.3, 0.4) is 0 Å². The fraction of sp³-hybridized carbons (Fsp3) is 0.0476. The molecule has 4 nitrogen and oxygen atoms in total. The second kappa shape index (κ2) is 13.1. The normalized spacial score (nSPS) is 19.8. The summed E-state index contributed by atoms with van der Waals surface area (Å²) in [5.41, 5.74) is 3.80.